The average molecular weight is 457 g/mol. The summed E-state index contributed by atoms with van der Waals surface area (Å²) in [5.74, 6) is 0.218. The molecule has 2 N–H and O–H groups in total. The fourth-order valence-corrected chi connectivity index (χ4v) is 4.91. The number of amides is 1. The molecule has 0 unspecified atom stereocenters. The van der Waals surface area contributed by atoms with E-state index in [0.29, 0.717) is 31.5 Å². The number of rotatable bonds is 8. The molecule has 1 amide bonds. The van der Waals surface area contributed by atoms with Crippen LogP contribution >= 0.6 is 0 Å². The van der Waals surface area contributed by atoms with Crippen LogP contribution in [0.1, 0.15) is 61.4 Å². The Kier molecular flexibility index (Phi) is 6.36. The Morgan fingerprint density at radius 1 is 1.27 bits per heavy atom. The van der Waals surface area contributed by atoms with Crippen molar-refractivity contribution >= 4 is 11.5 Å². The fraction of sp³-hybridized carbons (Fsp3) is 0.480. The highest BCUT2D eigenvalue weighted by atomic mass is 19.3. The first-order chi connectivity index (χ1) is 15.7. The molecule has 4 rings (SSSR count). The molecule has 1 aromatic heterocycles. The van der Waals surface area contributed by atoms with Gasteiger partial charge in [0.15, 0.2) is 5.82 Å². The lowest BCUT2D eigenvalue weighted by Gasteiger charge is -2.36. The van der Waals surface area contributed by atoms with Gasteiger partial charge in [0.1, 0.15) is 0 Å². The minimum absolute atomic E-state index is 0.0947. The van der Waals surface area contributed by atoms with Crippen molar-refractivity contribution in [2.75, 3.05) is 7.05 Å². The lowest BCUT2D eigenvalue weighted by atomic mass is 9.85. The van der Waals surface area contributed by atoms with Crippen LogP contribution < -0.4 is 5.73 Å². The quantitative estimate of drug-likeness (QED) is 0.587. The number of benzene rings is 1. The number of nitrogens with two attached hydrogens (primary N) is 1. The van der Waals surface area contributed by atoms with Gasteiger partial charge in [-0.25, -0.2) is 8.78 Å². The van der Waals surface area contributed by atoms with Gasteiger partial charge in [0.25, 0.3) is 12.3 Å². The lowest BCUT2D eigenvalue weighted by molar-refractivity contribution is -0.123. The van der Waals surface area contributed by atoms with Gasteiger partial charge in [-0.15, -0.1) is 0 Å². The number of primary amides is 1. The fourth-order valence-electron chi connectivity index (χ4n) is 4.91. The molecule has 176 valence electrons. The normalized spacial score (nSPS) is 22.3. The van der Waals surface area contributed by atoms with Crippen LogP contribution in [0.2, 0.25) is 0 Å². The molecule has 33 heavy (non-hydrogen) atoms. The third-order valence-electron chi connectivity index (χ3n) is 7.14. The summed E-state index contributed by atoms with van der Waals surface area (Å²) >= 11 is 0. The number of hydrogen-bond acceptors (Lipinski definition) is 5. The Balaban J connectivity index is 1.51. The number of halogens is 2. The molecule has 1 heterocycles. The Morgan fingerprint density at radius 3 is 2.52 bits per heavy atom. The lowest BCUT2D eigenvalue weighted by Crippen LogP contribution is -2.39. The SMILES string of the molecule is C=C(/C=C(/C(F)F)N(C)C1CCC(C(N)=O)CC1)c1nc(C2(c3ccccc3C)CC2)no1. The predicted octanol–water partition coefficient (Wildman–Crippen LogP) is 4.60. The number of hydrogen-bond donors (Lipinski definition) is 1. The van der Waals surface area contributed by atoms with Crippen LogP contribution in [-0.2, 0) is 10.2 Å². The Labute approximate surface area is 192 Å². The van der Waals surface area contributed by atoms with Crippen molar-refractivity contribution in [1.82, 2.24) is 15.0 Å². The van der Waals surface area contributed by atoms with Gasteiger partial charge in [-0.1, -0.05) is 36.0 Å². The highest BCUT2D eigenvalue weighted by Crippen LogP contribution is 2.53. The summed E-state index contributed by atoms with van der Waals surface area (Å²) in [6.07, 6.45) is 2.94. The molecule has 0 aliphatic heterocycles. The standard InChI is InChI=1S/C25H30F2N4O2/c1-15-6-4-5-7-19(15)25(12-13-25)24-29-23(33-30-24)16(2)14-20(21(26)27)31(3)18-10-8-17(9-11-18)22(28)32/h4-7,14,17-18,21H,2,8-13H2,1,3H3,(H2,28,32)/b20-14-. The highest BCUT2D eigenvalue weighted by molar-refractivity contribution is 5.76. The molecule has 2 saturated carbocycles. The number of alkyl halides is 2. The van der Waals surface area contributed by atoms with Gasteiger partial charge < -0.3 is 15.2 Å². The highest BCUT2D eigenvalue weighted by Gasteiger charge is 2.50. The number of aryl methyl sites for hydroxylation is 1. The number of aromatic nitrogens is 2. The molecule has 0 radical (unpaired) electrons. The monoisotopic (exact) mass is 456 g/mol. The van der Waals surface area contributed by atoms with Crippen molar-refractivity contribution < 1.29 is 18.1 Å². The van der Waals surface area contributed by atoms with Crippen LogP contribution in [0.25, 0.3) is 5.57 Å². The minimum atomic E-state index is -2.69. The van der Waals surface area contributed by atoms with Crippen molar-refractivity contribution in [2.45, 2.75) is 63.3 Å². The summed E-state index contributed by atoms with van der Waals surface area (Å²) in [4.78, 5) is 17.5. The second-order valence-corrected chi connectivity index (χ2v) is 9.23. The van der Waals surface area contributed by atoms with E-state index in [4.69, 9.17) is 10.3 Å². The zero-order valence-electron chi connectivity index (χ0n) is 19.1. The van der Waals surface area contributed by atoms with E-state index in [1.54, 1.807) is 11.9 Å². The molecule has 0 saturated heterocycles. The van der Waals surface area contributed by atoms with E-state index in [1.807, 2.05) is 12.1 Å². The maximum atomic E-state index is 14.0. The van der Waals surface area contributed by atoms with Crippen molar-refractivity contribution in [3.05, 3.63) is 65.5 Å². The molecular weight excluding hydrogens is 426 g/mol. The first kappa shape index (κ1) is 23.1. The third kappa shape index (κ3) is 4.56. The van der Waals surface area contributed by atoms with Crippen molar-refractivity contribution in [3.63, 3.8) is 0 Å². The van der Waals surface area contributed by atoms with Gasteiger partial charge in [-0.05, 0) is 62.7 Å². The second-order valence-electron chi connectivity index (χ2n) is 9.23. The van der Waals surface area contributed by atoms with E-state index < -0.39 is 6.43 Å². The van der Waals surface area contributed by atoms with E-state index in [0.717, 1.165) is 24.0 Å². The van der Waals surface area contributed by atoms with Crippen LogP contribution in [0.15, 0.2) is 47.1 Å². The summed E-state index contributed by atoms with van der Waals surface area (Å²) in [6, 6.07) is 8.02. The Morgan fingerprint density at radius 2 is 1.94 bits per heavy atom. The second kappa shape index (κ2) is 9.08. The molecule has 2 aromatic rings. The number of allylic oxidation sites excluding steroid dienone is 3. The van der Waals surface area contributed by atoms with Crippen LogP contribution in [0.5, 0.6) is 0 Å². The zero-order chi connectivity index (χ0) is 23.8. The first-order valence-corrected chi connectivity index (χ1v) is 11.3. The molecule has 1 aromatic carbocycles. The maximum Gasteiger partial charge on any atom is 0.278 e. The first-order valence-electron chi connectivity index (χ1n) is 11.3. The van der Waals surface area contributed by atoms with E-state index in [9.17, 15) is 13.6 Å². The maximum absolute atomic E-state index is 14.0. The summed E-state index contributed by atoms with van der Waals surface area (Å²) in [6.45, 7) is 5.98. The van der Waals surface area contributed by atoms with Gasteiger partial charge in [0.2, 0.25) is 5.91 Å². The minimum Gasteiger partial charge on any atom is -0.370 e. The van der Waals surface area contributed by atoms with E-state index in [2.05, 4.69) is 35.8 Å². The predicted molar refractivity (Wildman–Crippen MR) is 121 cm³/mol. The van der Waals surface area contributed by atoms with E-state index in [1.165, 1.54) is 6.08 Å². The molecular formula is C25H30F2N4O2. The summed E-state index contributed by atoms with van der Waals surface area (Å²) in [7, 11) is 1.65. The van der Waals surface area contributed by atoms with Crippen molar-refractivity contribution in [2.24, 2.45) is 11.7 Å². The van der Waals surface area contributed by atoms with Gasteiger partial charge >= 0.3 is 0 Å². The Hall–Kier alpha value is -3.03. The molecule has 6 nitrogen and oxygen atoms in total. The van der Waals surface area contributed by atoms with Gasteiger partial charge in [-0.2, -0.15) is 4.98 Å². The topological polar surface area (TPSA) is 85.2 Å². The van der Waals surface area contributed by atoms with Crippen LogP contribution in [-0.4, -0.2) is 40.5 Å². The van der Waals surface area contributed by atoms with E-state index >= 15 is 0 Å². The van der Waals surface area contributed by atoms with Crippen LogP contribution in [0, 0.1) is 12.8 Å². The third-order valence-corrected chi connectivity index (χ3v) is 7.14. The molecule has 0 atom stereocenters. The van der Waals surface area contributed by atoms with Crippen LogP contribution in [0.4, 0.5) is 8.78 Å². The molecule has 2 aliphatic carbocycles. The Bertz CT molecular complexity index is 1070. The van der Waals surface area contributed by atoms with Gasteiger partial charge in [0.05, 0.1) is 11.1 Å². The summed E-state index contributed by atoms with van der Waals surface area (Å²) in [5.41, 5.74) is 7.54. The number of nitrogens with zero attached hydrogens (tertiary/aromatic N) is 3. The van der Waals surface area contributed by atoms with Crippen molar-refractivity contribution in [3.8, 4) is 0 Å². The summed E-state index contributed by atoms with van der Waals surface area (Å²) in [5, 5.41) is 4.18. The molecule has 0 spiro atoms. The van der Waals surface area contributed by atoms with Gasteiger partial charge in [-0.3, -0.25) is 4.79 Å². The largest absolute Gasteiger partial charge is 0.370 e. The molecule has 2 aliphatic rings. The van der Waals surface area contributed by atoms with E-state index in [-0.39, 0.29) is 40.4 Å². The van der Waals surface area contributed by atoms with Crippen LogP contribution in [0.3, 0.4) is 0 Å². The zero-order valence-corrected chi connectivity index (χ0v) is 19.1. The molecule has 8 heteroatoms. The number of carbonyl (C=O) groups excluding carboxylic acids is 1. The molecule has 2 fully saturated rings. The molecule has 0 bridgehead atoms. The summed E-state index contributed by atoms with van der Waals surface area (Å²) < 4.78 is 33.4. The van der Waals surface area contributed by atoms with Gasteiger partial charge in [0, 0.05) is 24.6 Å². The average Bonchev–Trinajstić information content (AvgIpc) is 3.44. The number of carbonyl (C=O) groups is 1. The smallest absolute Gasteiger partial charge is 0.278 e. The van der Waals surface area contributed by atoms with Crippen molar-refractivity contribution in [1.29, 1.82) is 0 Å².